The molecule has 2 N–H and O–H groups in total. The van der Waals surface area contributed by atoms with Gasteiger partial charge in [-0.3, -0.25) is 0 Å². The lowest BCUT2D eigenvalue weighted by atomic mass is 9.83. The molecule has 16 heavy (non-hydrogen) atoms. The second-order valence-corrected chi connectivity index (χ2v) is 5.79. The standard InChI is InChI=1S/C14H30N2/c1-12(2)16-10-4-9-15-11-14-7-5-13(3)6-8-14/h12-16H,4-11H2,1-3H3. The number of rotatable bonds is 7. The van der Waals surface area contributed by atoms with E-state index in [1.165, 1.54) is 45.2 Å². The van der Waals surface area contributed by atoms with Crippen molar-refractivity contribution in [2.45, 2.75) is 58.9 Å². The Balaban J connectivity index is 1.87. The summed E-state index contributed by atoms with van der Waals surface area (Å²) < 4.78 is 0. The van der Waals surface area contributed by atoms with Gasteiger partial charge in [-0.2, -0.15) is 0 Å². The fraction of sp³-hybridized carbons (Fsp3) is 1.00. The first-order valence-electron chi connectivity index (χ1n) is 7.12. The zero-order valence-corrected chi connectivity index (χ0v) is 11.4. The second kappa shape index (κ2) is 8.08. The predicted molar refractivity (Wildman–Crippen MR) is 71.7 cm³/mol. The lowest BCUT2D eigenvalue weighted by molar-refractivity contribution is 0.281. The minimum atomic E-state index is 0.625. The average Bonchev–Trinajstić information content (AvgIpc) is 2.25. The van der Waals surface area contributed by atoms with Gasteiger partial charge in [0.1, 0.15) is 0 Å². The summed E-state index contributed by atoms with van der Waals surface area (Å²) in [6, 6.07) is 0.625. The Morgan fingerprint density at radius 1 is 1.06 bits per heavy atom. The monoisotopic (exact) mass is 226 g/mol. The molecule has 0 bridgehead atoms. The molecule has 1 aliphatic carbocycles. The molecule has 1 aliphatic rings. The van der Waals surface area contributed by atoms with Crippen molar-refractivity contribution < 1.29 is 0 Å². The quantitative estimate of drug-likeness (QED) is 0.652. The van der Waals surface area contributed by atoms with E-state index >= 15 is 0 Å². The number of hydrogen-bond acceptors (Lipinski definition) is 2. The predicted octanol–water partition coefficient (Wildman–Crippen LogP) is 2.79. The van der Waals surface area contributed by atoms with Crippen LogP contribution in [0.15, 0.2) is 0 Å². The summed E-state index contributed by atoms with van der Waals surface area (Å²) in [5, 5.41) is 7.05. The zero-order chi connectivity index (χ0) is 11.8. The molecule has 96 valence electrons. The van der Waals surface area contributed by atoms with Crippen LogP contribution in [-0.4, -0.2) is 25.7 Å². The highest BCUT2D eigenvalue weighted by molar-refractivity contribution is 4.71. The van der Waals surface area contributed by atoms with Crippen molar-refractivity contribution >= 4 is 0 Å². The fourth-order valence-corrected chi connectivity index (χ4v) is 2.44. The third-order valence-corrected chi connectivity index (χ3v) is 3.65. The van der Waals surface area contributed by atoms with Gasteiger partial charge in [0.2, 0.25) is 0 Å². The van der Waals surface area contributed by atoms with Gasteiger partial charge in [0, 0.05) is 6.04 Å². The first-order chi connectivity index (χ1) is 7.68. The molecule has 0 spiro atoms. The fourth-order valence-electron chi connectivity index (χ4n) is 2.44. The van der Waals surface area contributed by atoms with Crippen LogP contribution in [0.2, 0.25) is 0 Å². The minimum absolute atomic E-state index is 0.625. The maximum atomic E-state index is 3.60. The Bertz CT molecular complexity index is 160. The lowest BCUT2D eigenvalue weighted by Gasteiger charge is -2.26. The Morgan fingerprint density at radius 2 is 1.75 bits per heavy atom. The van der Waals surface area contributed by atoms with Crippen LogP contribution in [0.3, 0.4) is 0 Å². The van der Waals surface area contributed by atoms with Crippen LogP contribution >= 0.6 is 0 Å². The summed E-state index contributed by atoms with van der Waals surface area (Å²) in [7, 11) is 0. The Labute approximate surface area is 102 Å². The van der Waals surface area contributed by atoms with E-state index in [2.05, 4.69) is 31.4 Å². The Hall–Kier alpha value is -0.0800. The molecule has 0 aromatic rings. The third kappa shape index (κ3) is 6.49. The van der Waals surface area contributed by atoms with Crippen LogP contribution in [0.5, 0.6) is 0 Å². The summed E-state index contributed by atoms with van der Waals surface area (Å²) in [5.74, 6) is 1.93. The molecule has 0 heterocycles. The SMILES string of the molecule is CC1CCC(CNCCCNC(C)C)CC1. The van der Waals surface area contributed by atoms with E-state index in [-0.39, 0.29) is 0 Å². The van der Waals surface area contributed by atoms with E-state index in [9.17, 15) is 0 Å². The third-order valence-electron chi connectivity index (χ3n) is 3.65. The lowest BCUT2D eigenvalue weighted by Crippen LogP contribution is -2.30. The molecular weight excluding hydrogens is 196 g/mol. The van der Waals surface area contributed by atoms with Crippen LogP contribution in [0.4, 0.5) is 0 Å². The molecule has 0 atom stereocenters. The van der Waals surface area contributed by atoms with Gasteiger partial charge in [0.15, 0.2) is 0 Å². The molecule has 0 amide bonds. The van der Waals surface area contributed by atoms with Crippen molar-refractivity contribution in [1.29, 1.82) is 0 Å². The highest BCUT2D eigenvalue weighted by Gasteiger charge is 2.17. The first-order valence-corrected chi connectivity index (χ1v) is 7.12. The second-order valence-electron chi connectivity index (χ2n) is 5.79. The smallest absolute Gasteiger partial charge is 0.00103 e. The van der Waals surface area contributed by atoms with Crippen molar-refractivity contribution in [2.24, 2.45) is 11.8 Å². The van der Waals surface area contributed by atoms with Gasteiger partial charge in [-0.1, -0.05) is 33.6 Å². The summed E-state index contributed by atoms with van der Waals surface area (Å²) in [6.45, 7) is 10.4. The van der Waals surface area contributed by atoms with Crippen LogP contribution in [0, 0.1) is 11.8 Å². The van der Waals surface area contributed by atoms with Crippen LogP contribution in [0.1, 0.15) is 52.9 Å². The van der Waals surface area contributed by atoms with E-state index in [0.717, 1.165) is 18.4 Å². The minimum Gasteiger partial charge on any atom is -0.316 e. The maximum absolute atomic E-state index is 3.60. The van der Waals surface area contributed by atoms with Gasteiger partial charge in [-0.25, -0.2) is 0 Å². The van der Waals surface area contributed by atoms with Crippen molar-refractivity contribution in [3.8, 4) is 0 Å². The normalized spacial score (nSPS) is 26.2. The molecule has 1 rings (SSSR count). The molecule has 2 heteroatoms. The van der Waals surface area contributed by atoms with E-state index in [1.807, 2.05) is 0 Å². The van der Waals surface area contributed by atoms with Gasteiger partial charge in [-0.05, 0) is 50.7 Å². The molecule has 0 aliphatic heterocycles. The molecule has 0 saturated heterocycles. The van der Waals surface area contributed by atoms with E-state index < -0.39 is 0 Å². The van der Waals surface area contributed by atoms with Crippen molar-refractivity contribution in [2.75, 3.05) is 19.6 Å². The van der Waals surface area contributed by atoms with E-state index in [1.54, 1.807) is 0 Å². The molecular formula is C14H30N2. The van der Waals surface area contributed by atoms with Crippen molar-refractivity contribution in [3.05, 3.63) is 0 Å². The first kappa shape index (κ1) is 14.0. The van der Waals surface area contributed by atoms with Crippen molar-refractivity contribution in [3.63, 3.8) is 0 Å². The molecule has 0 aromatic heterocycles. The van der Waals surface area contributed by atoms with Crippen LogP contribution in [-0.2, 0) is 0 Å². The largest absolute Gasteiger partial charge is 0.316 e. The molecule has 0 radical (unpaired) electrons. The summed E-state index contributed by atoms with van der Waals surface area (Å²) in [4.78, 5) is 0. The van der Waals surface area contributed by atoms with E-state index in [4.69, 9.17) is 0 Å². The molecule has 2 nitrogen and oxygen atoms in total. The zero-order valence-electron chi connectivity index (χ0n) is 11.4. The van der Waals surface area contributed by atoms with Gasteiger partial charge in [0.05, 0.1) is 0 Å². The number of hydrogen-bond donors (Lipinski definition) is 2. The van der Waals surface area contributed by atoms with Crippen LogP contribution in [0.25, 0.3) is 0 Å². The molecule has 0 aromatic carbocycles. The maximum Gasteiger partial charge on any atom is 0.00103 e. The summed E-state index contributed by atoms with van der Waals surface area (Å²) in [6.07, 6.45) is 7.03. The Morgan fingerprint density at radius 3 is 2.38 bits per heavy atom. The van der Waals surface area contributed by atoms with Gasteiger partial charge in [-0.15, -0.1) is 0 Å². The van der Waals surface area contributed by atoms with Gasteiger partial charge < -0.3 is 10.6 Å². The molecule has 1 saturated carbocycles. The molecule has 0 unspecified atom stereocenters. The van der Waals surface area contributed by atoms with Gasteiger partial charge >= 0.3 is 0 Å². The highest BCUT2D eigenvalue weighted by Crippen LogP contribution is 2.27. The highest BCUT2D eigenvalue weighted by atomic mass is 14.9. The molecule has 1 fully saturated rings. The van der Waals surface area contributed by atoms with E-state index in [0.29, 0.717) is 6.04 Å². The average molecular weight is 226 g/mol. The number of nitrogens with one attached hydrogen (secondary N) is 2. The summed E-state index contributed by atoms with van der Waals surface area (Å²) in [5.41, 5.74) is 0. The van der Waals surface area contributed by atoms with Crippen LogP contribution < -0.4 is 10.6 Å². The van der Waals surface area contributed by atoms with Crippen molar-refractivity contribution in [1.82, 2.24) is 10.6 Å². The Kier molecular flexibility index (Phi) is 7.06. The summed E-state index contributed by atoms with van der Waals surface area (Å²) >= 11 is 0. The van der Waals surface area contributed by atoms with Gasteiger partial charge in [0.25, 0.3) is 0 Å². The topological polar surface area (TPSA) is 24.1 Å².